The van der Waals surface area contributed by atoms with Gasteiger partial charge in [-0.25, -0.2) is 14.7 Å². The lowest BCUT2D eigenvalue weighted by Crippen LogP contribution is -2.44. The van der Waals surface area contributed by atoms with Gasteiger partial charge in [0.25, 0.3) is 10.2 Å². The summed E-state index contributed by atoms with van der Waals surface area (Å²) in [7, 11) is -2.28. The van der Waals surface area contributed by atoms with Crippen molar-refractivity contribution >= 4 is 38.8 Å². The van der Waals surface area contributed by atoms with E-state index in [1.165, 1.54) is 7.11 Å². The van der Waals surface area contributed by atoms with E-state index in [2.05, 4.69) is 20.3 Å². The second kappa shape index (κ2) is 12.8. The van der Waals surface area contributed by atoms with Crippen LogP contribution in [0, 0.1) is 0 Å². The molecule has 5 N–H and O–H groups in total. The summed E-state index contributed by atoms with van der Waals surface area (Å²) in [5.74, 6) is 0.0536. The summed E-state index contributed by atoms with van der Waals surface area (Å²) in [5, 5.41) is 11.1. The second-order valence-electron chi connectivity index (χ2n) is 7.93. The molecule has 0 saturated carbocycles. The number of fused-ring (bicyclic) bond motifs is 1. The van der Waals surface area contributed by atoms with Gasteiger partial charge >= 0.3 is 6.09 Å². The Morgan fingerprint density at radius 1 is 1.08 bits per heavy atom. The largest absolute Gasteiger partial charge is 0.497 e. The van der Waals surface area contributed by atoms with Crippen LogP contribution in [-0.2, 0) is 26.3 Å². The number of anilines is 1. The second-order valence-corrected chi connectivity index (χ2v) is 9.31. The summed E-state index contributed by atoms with van der Waals surface area (Å²) < 4.78 is 34.9. The van der Waals surface area contributed by atoms with Crippen LogP contribution in [0.1, 0.15) is 24.8 Å². The normalized spacial score (nSPS) is 12.1. The average Bonchev–Trinajstić information content (AvgIpc) is 2.86. The van der Waals surface area contributed by atoms with E-state index in [1.54, 1.807) is 24.4 Å². The smallest absolute Gasteiger partial charge is 0.408 e. The molecular weight excluding hydrogens is 486 g/mol. The number of nitrogens with two attached hydrogens (primary N) is 1. The molecule has 0 aliphatic heterocycles. The zero-order chi connectivity index (χ0) is 26.0. The van der Waals surface area contributed by atoms with Crippen molar-refractivity contribution in [1.29, 1.82) is 0 Å². The van der Waals surface area contributed by atoms with Crippen LogP contribution in [0.3, 0.4) is 0 Å². The molecule has 0 bridgehead atoms. The lowest BCUT2D eigenvalue weighted by Gasteiger charge is -2.19. The van der Waals surface area contributed by atoms with Gasteiger partial charge in [0, 0.05) is 24.2 Å². The summed E-state index contributed by atoms with van der Waals surface area (Å²) >= 11 is 0. The number of benzene rings is 2. The van der Waals surface area contributed by atoms with E-state index in [1.807, 2.05) is 36.4 Å². The zero-order valence-corrected chi connectivity index (χ0v) is 20.6. The SMILES string of the molecule is COc1cc(NC(=O)[C@@H](CCCCNS(N)(=O)=O)NC(=O)OCc2ccccc2)c2ncccc2c1. The van der Waals surface area contributed by atoms with E-state index in [0.717, 1.165) is 10.9 Å². The lowest BCUT2D eigenvalue weighted by molar-refractivity contribution is -0.118. The number of carbonyl (C=O) groups is 2. The van der Waals surface area contributed by atoms with Crippen LogP contribution in [0.2, 0.25) is 0 Å². The highest BCUT2D eigenvalue weighted by Crippen LogP contribution is 2.28. The fourth-order valence-corrected chi connectivity index (χ4v) is 3.89. The first-order valence-corrected chi connectivity index (χ1v) is 12.8. The van der Waals surface area contributed by atoms with Crippen LogP contribution < -0.4 is 25.2 Å². The predicted octanol–water partition coefficient (Wildman–Crippen LogP) is 2.44. The molecule has 11 nitrogen and oxygen atoms in total. The molecule has 0 radical (unpaired) electrons. The monoisotopic (exact) mass is 515 g/mol. The minimum Gasteiger partial charge on any atom is -0.497 e. The maximum Gasteiger partial charge on any atom is 0.408 e. The van der Waals surface area contributed by atoms with Gasteiger partial charge in [0.05, 0.1) is 18.3 Å². The molecule has 36 heavy (non-hydrogen) atoms. The highest BCUT2D eigenvalue weighted by Gasteiger charge is 2.23. The van der Waals surface area contributed by atoms with Crippen molar-refractivity contribution in [2.24, 2.45) is 5.14 Å². The number of amides is 2. The number of ether oxygens (including phenoxy) is 2. The number of carbonyl (C=O) groups excluding carboxylic acids is 2. The maximum atomic E-state index is 13.2. The van der Waals surface area contributed by atoms with E-state index >= 15 is 0 Å². The Labute approximate surface area is 209 Å². The molecule has 0 saturated heterocycles. The molecule has 0 spiro atoms. The summed E-state index contributed by atoms with van der Waals surface area (Å²) in [5.41, 5.74) is 1.79. The van der Waals surface area contributed by atoms with Gasteiger partial charge in [-0.1, -0.05) is 36.4 Å². The van der Waals surface area contributed by atoms with Gasteiger partial charge < -0.3 is 20.1 Å². The molecule has 3 aromatic rings. The quantitative estimate of drug-likeness (QED) is 0.269. The first-order chi connectivity index (χ1) is 17.2. The first-order valence-electron chi connectivity index (χ1n) is 11.2. The van der Waals surface area contributed by atoms with Crippen LogP contribution in [0.25, 0.3) is 10.9 Å². The van der Waals surface area contributed by atoms with Gasteiger partial charge in [0.2, 0.25) is 5.91 Å². The highest BCUT2D eigenvalue weighted by atomic mass is 32.2. The zero-order valence-electron chi connectivity index (χ0n) is 19.8. The van der Waals surface area contributed by atoms with Gasteiger partial charge in [-0.05, 0) is 37.0 Å². The number of hydrogen-bond acceptors (Lipinski definition) is 7. The van der Waals surface area contributed by atoms with Crippen molar-refractivity contribution in [3.8, 4) is 5.75 Å². The number of methoxy groups -OCH3 is 1. The fourth-order valence-electron chi connectivity index (χ4n) is 3.46. The van der Waals surface area contributed by atoms with E-state index < -0.39 is 28.3 Å². The molecule has 192 valence electrons. The number of pyridine rings is 1. The summed E-state index contributed by atoms with van der Waals surface area (Å²) in [6, 6.07) is 15.3. The number of alkyl carbamates (subject to hydrolysis) is 1. The lowest BCUT2D eigenvalue weighted by atomic mass is 10.1. The van der Waals surface area contributed by atoms with Crippen molar-refractivity contribution in [3.63, 3.8) is 0 Å². The molecule has 3 rings (SSSR count). The third-order valence-electron chi connectivity index (χ3n) is 5.22. The summed E-state index contributed by atoms with van der Waals surface area (Å²) in [4.78, 5) is 30.0. The Hall–Kier alpha value is -3.74. The number of hydrogen-bond donors (Lipinski definition) is 4. The van der Waals surface area contributed by atoms with Gasteiger partial charge in [0.1, 0.15) is 18.4 Å². The van der Waals surface area contributed by atoms with Crippen LogP contribution in [0.4, 0.5) is 10.5 Å². The summed E-state index contributed by atoms with van der Waals surface area (Å²) in [6.45, 7) is 0.153. The molecule has 0 fully saturated rings. The Morgan fingerprint density at radius 2 is 1.86 bits per heavy atom. The Balaban J connectivity index is 1.70. The van der Waals surface area contributed by atoms with Gasteiger partial charge in [-0.3, -0.25) is 9.78 Å². The molecular formula is C24H29N5O6S. The van der Waals surface area contributed by atoms with Crippen LogP contribution in [-0.4, -0.2) is 45.1 Å². The molecule has 2 amide bonds. The number of nitrogens with one attached hydrogen (secondary N) is 3. The highest BCUT2D eigenvalue weighted by molar-refractivity contribution is 7.87. The minimum absolute atomic E-state index is 0.0454. The Bertz CT molecular complexity index is 1290. The predicted molar refractivity (Wildman–Crippen MR) is 135 cm³/mol. The fraction of sp³-hybridized carbons (Fsp3) is 0.292. The summed E-state index contributed by atoms with van der Waals surface area (Å²) in [6.07, 6.45) is 1.92. The Morgan fingerprint density at radius 3 is 2.58 bits per heavy atom. The molecule has 0 aliphatic carbocycles. The number of unbranched alkanes of at least 4 members (excludes halogenated alkanes) is 1. The van der Waals surface area contributed by atoms with Crippen LogP contribution in [0.5, 0.6) is 5.75 Å². The molecule has 1 heterocycles. The first kappa shape index (κ1) is 26.9. The van der Waals surface area contributed by atoms with Crippen LogP contribution in [0.15, 0.2) is 60.8 Å². The van der Waals surface area contributed by atoms with Crippen molar-refractivity contribution in [2.45, 2.75) is 31.9 Å². The van der Waals surface area contributed by atoms with Crippen molar-refractivity contribution in [2.75, 3.05) is 19.0 Å². The van der Waals surface area contributed by atoms with E-state index in [-0.39, 0.29) is 19.6 Å². The molecule has 2 aromatic carbocycles. The van der Waals surface area contributed by atoms with Gasteiger partial charge in [0.15, 0.2) is 0 Å². The van der Waals surface area contributed by atoms with E-state index in [9.17, 15) is 18.0 Å². The van der Waals surface area contributed by atoms with Crippen molar-refractivity contribution in [1.82, 2.24) is 15.0 Å². The maximum absolute atomic E-state index is 13.2. The van der Waals surface area contributed by atoms with Gasteiger partial charge in [-0.15, -0.1) is 0 Å². The van der Waals surface area contributed by atoms with Crippen molar-refractivity contribution < 1.29 is 27.5 Å². The van der Waals surface area contributed by atoms with Gasteiger partial charge in [-0.2, -0.15) is 8.42 Å². The molecule has 0 aliphatic rings. The average molecular weight is 516 g/mol. The number of nitrogens with zero attached hydrogens (tertiary/aromatic N) is 1. The standard InChI is InChI=1S/C24H29N5O6S/c1-34-19-14-18-10-7-12-26-22(18)21(15-19)28-23(30)20(11-5-6-13-27-36(25,32)33)29-24(31)35-16-17-8-3-2-4-9-17/h2-4,7-10,12,14-15,20,27H,5-6,11,13,16H2,1H3,(H,28,30)(H,29,31)(H2,25,32,33)/t20-/m1/s1. The van der Waals surface area contributed by atoms with Crippen molar-refractivity contribution in [3.05, 3.63) is 66.4 Å². The third kappa shape index (κ3) is 8.48. The topological polar surface area (TPSA) is 162 Å². The molecule has 12 heteroatoms. The minimum atomic E-state index is -3.80. The number of rotatable bonds is 12. The molecule has 0 unspecified atom stereocenters. The Kier molecular flexibility index (Phi) is 9.56. The van der Waals surface area contributed by atoms with Crippen LogP contribution >= 0.6 is 0 Å². The third-order valence-corrected chi connectivity index (χ3v) is 5.82. The molecule has 1 atom stereocenters. The number of aromatic nitrogens is 1. The van der Waals surface area contributed by atoms with E-state index in [0.29, 0.717) is 29.8 Å². The molecule has 1 aromatic heterocycles. The van der Waals surface area contributed by atoms with E-state index in [4.69, 9.17) is 14.6 Å².